The normalized spacial score (nSPS) is 15.3. The molecule has 0 N–H and O–H groups in total. The molecule has 0 saturated heterocycles. The number of hydrogen-bond acceptors (Lipinski definition) is 3. The number of rotatable bonds is 3. The van der Waals surface area contributed by atoms with Gasteiger partial charge in [0.1, 0.15) is 0 Å². The molecule has 0 aliphatic heterocycles. The fourth-order valence-corrected chi connectivity index (χ4v) is 3.76. The fourth-order valence-electron chi connectivity index (χ4n) is 3.76. The third kappa shape index (κ3) is 3.33. The van der Waals surface area contributed by atoms with Crippen molar-refractivity contribution < 1.29 is 9.59 Å². The van der Waals surface area contributed by atoms with Crippen LogP contribution in [0.5, 0.6) is 0 Å². The van der Waals surface area contributed by atoms with Crippen molar-refractivity contribution in [3.63, 3.8) is 0 Å². The highest BCUT2D eigenvalue weighted by molar-refractivity contribution is 6.17. The van der Waals surface area contributed by atoms with Gasteiger partial charge in [-0.1, -0.05) is 74.5 Å². The quantitative estimate of drug-likeness (QED) is 0.612. The molecule has 0 radical (unpaired) electrons. The number of hydrogen-bond donors (Lipinski definition) is 0. The first-order valence-electron chi connectivity index (χ1n) is 9.17. The number of carbonyl (C=O) groups is 2. The molecule has 0 amide bonds. The molecule has 1 aromatic heterocycles. The van der Waals surface area contributed by atoms with Crippen molar-refractivity contribution in [1.29, 1.82) is 0 Å². The van der Waals surface area contributed by atoms with Gasteiger partial charge in [0.15, 0.2) is 11.6 Å². The van der Waals surface area contributed by atoms with Crippen LogP contribution in [0.1, 0.15) is 52.2 Å². The predicted octanol–water partition coefficient (Wildman–Crippen LogP) is 5.13. The van der Waals surface area contributed by atoms with Crippen molar-refractivity contribution in [2.45, 2.75) is 26.7 Å². The van der Waals surface area contributed by atoms with Crippen molar-refractivity contribution in [3.8, 4) is 11.3 Å². The van der Waals surface area contributed by atoms with E-state index in [0.29, 0.717) is 29.5 Å². The number of ketones is 2. The highest BCUT2D eigenvalue weighted by Gasteiger charge is 2.35. The monoisotopic (exact) mass is 355 g/mol. The van der Waals surface area contributed by atoms with Gasteiger partial charge in [-0.05, 0) is 17.9 Å². The summed E-state index contributed by atoms with van der Waals surface area (Å²) < 4.78 is 0. The Morgan fingerprint density at radius 2 is 1.56 bits per heavy atom. The van der Waals surface area contributed by atoms with E-state index < -0.39 is 0 Å². The minimum Gasteiger partial charge on any atom is -0.294 e. The van der Waals surface area contributed by atoms with Crippen LogP contribution >= 0.6 is 0 Å². The molecule has 2 aromatic carbocycles. The molecule has 1 aliphatic carbocycles. The van der Waals surface area contributed by atoms with E-state index >= 15 is 0 Å². The van der Waals surface area contributed by atoms with Crippen LogP contribution in [0.15, 0.2) is 66.7 Å². The van der Waals surface area contributed by atoms with Crippen molar-refractivity contribution in [2.24, 2.45) is 5.41 Å². The molecule has 4 rings (SSSR count). The Kier molecular flexibility index (Phi) is 4.23. The molecule has 1 heterocycles. The minimum absolute atomic E-state index is 0.00708. The van der Waals surface area contributed by atoms with Crippen LogP contribution in [-0.4, -0.2) is 16.6 Å². The summed E-state index contributed by atoms with van der Waals surface area (Å²) in [5.41, 5.74) is 3.81. The number of pyridine rings is 1. The molecular formula is C24H21NO2. The van der Waals surface area contributed by atoms with E-state index in [4.69, 9.17) is 4.98 Å². The number of Topliss-reactive ketones (excluding diaryl/α,β-unsaturated/α-hetero) is 1. The molecule has 0 bridgehead atoms. The first-order valence-corrected chi connectivity index (χ1v) is 9.17. The number of carbonyl (C=O) groups excluding carboxylic acids is 2. The van der Waals surface area contributed by atoms with Crippen LogP contribution in [0.2, 0.25) is 0 Å². The topological polar surface area (TPSA) is 47.0 Å². The highest BCUT2D eigenvalue weighted by Crippen LogP contribution is 2.37. The molecule has 3 aromatic rings. The summed E-state index contributed by atoms with van der Waals surface area (Å²) in [6, 6.07) is 20.7. The summed E-state index contributed by atoms with van der Waals surface area (Å²) in [7, 11) is 0. The summed E-state index contributed by atoms with van der Waals surface area (Å²) in [6.45, 7) is 4.15. The zero-order valence-electron chi connectivity index (χ0n) is 15.5. The zero-order chi connectivity index (χ0) is 19.0. The Morgan fingerprint density at radius 1 is 0.926 bits per heavy atom. The molecule has 0 spiro atoms. The van der Waals surface area contributed by atoms with E-state index in [1.807, 2.05) is 48.5 Å². The average molecular weight is 355 g/mol. The first-order chi connectivity index (χ1) is 12.9. The fraction of sp³-hybridized carbons (Fsp3) is 0.208. The zero-order valence-corrected chi connectivity index (χ0v) is 15.5. The van der Waals surface area contributed by atoms with Gasteiger partial charge in [0.25, 0.3) is 0 Å². The van der Waals surface area contributed by atoms with E-state index in [1.165, 1.54) is 0 Å². The molecule has 3 nitrogen and oxygen atoms in total. The molecule has 134 valence electrons. The van der Waals surface area contributed by atoms with E-state index in [9.17, 15) is 9.59 Å². The molecule has 0 fully saturated rings. The lowest BCUT2D eigenvalue weighted by Crippen LogP contribution is -2.30. The van der Waals surface area contributed by atoms with Gasteiger partial charge in [0, 0.05) is 23.1 Å². The van der Waals surface area contributed by atoms with Gasteiger partial charge in [-0.25, -0.2) is 0 Å². The smallest absolute Gasteiger partial charge is 0.193 e. The molecule has 0 unspecified atom stereocenters. The van der Waals surface area contributed by atoms with Gasteiger partial charge in [0.05, 0.1) is 17.0 Å². The number of fused-ring (bicyclic) bond motifs is 1. The van der Waals surface area contributed by atoms with Crippen LogP contribution < -0.4 is 0 Å². The summed E-state index contributed by atoms with van der Waals surface area (Å²) >= 11 is 0. The molecule has 3 heteroatoms. The minimum atomic E-state index is -0.153. The molecule has 1 aliphatic rings. The maximum absolute atomic E-state index is 13.2. The Balaban J connectivity index is 1.94. The number of aromatic nitrogens is 1. The summed E-state index contributed by atoms with van der Waals surface area (Å²) in [5.74, 6) is -0.118. The lowest BCUT2D eigenvalue weighted by Gasteiger charge is -2.30. The van der Waals surface area contributed by atoms with Crippen LogP contribution in [0.4, 0.5) is 0 Å². The Bertz CT molecular complexity index is 1020. The second-order valence-corrected chi connectivity index (χ2v) is 7.88. The highest BCUT2D eigenvalue weighted by atomic mass is 16.1. The molecular weight excluding hydrogens is 334 g/mol. The van der Waals surface area contributed by atoms with Gasteiger partial charge < -0.3 is 0 Å². The van der Waals surface area contributed by atoms with E-state index in [1.54, 1.807) is 18.2 Å². The summed E-state index contributed by atoms with van der Waals surface area (Å²) in [6.07, 6.45) is 1.12. The number of nitrogens with zero attached hydrogens (tertiary/aromatic N) is 1. The van der Waals surface area contributed by atoms with E-state index in [-0.39, 0.29) is 17.0 Å². The Morgan fingerprint density at radius 3 is 2.22 bits per heavy atom. The van der Waals surface area contributed by atoms with Gasteiger partial charge >= 0.3 is 0 Å². The Hall–Kier alpha value is -3.07. The second kappa shape index (κ2) is 6.58. The summed E-state index contributed by atoms with van der Waals surface area (Å²) in [5, 5.41) is 0. The van der Waals surface area contributed by atoms with Crippen molar-refractivity contribution >= 4 is 11.6 Å². The maximum atomic E-state index is 13.2. The van der Waals surface area contributed by atoms with Gasteiger partial charge in [0.2, 0.25) is 0 Å². The second-order valence-electron chi connectivity index (χ2n) is 7.88. The summed E-state index contributed by atoms with van der Waals surface area (Å²) in [4.78, 5) is 30.9. The third-order valence-corrected chi connectivity index (χ3v) is 5.01. The van der Waals surface area contributed by atoms with Crippen LogP contribution in [0.25, 0.3) is 11.3 Å². The van der Waals surface area contributed by atoms with E-state index in [0.717, 1.165) is 17.0 Å². The van der Waals surface area contributed by atoms with Crippen LogP contribution in [0, 0.1) is 5.41 Å². The van der Waals surface area contributed by atoms with E-state index in [2.05, 4.69) is 13.8 Å². The van der Waals surface area contributed by atoms with Crippen molar-refractivity contribution in [2.75, 3.05) is 0 Å². The predicted molar refractivity (Wildman–Crippen MR) is 106 cm³/mol. The molecule has 27 heavy (non-hydrogen) atoms. The molecule has 0 atom stereocenters. The van der Waals surface area contributed by atoms with Crippen LogP contribution in [-0.2, 0) is 6.42 Å². The van der Waals surface area contributed by atoms with Gasteiger partial charge in [-0.2, -0.15) is 0 Å². The maximum Gasteiger partial charge on any atom is 0.193 e. The number of benzene rings is 2. The largest absolute Gasteiger partial charge is 0.294 e. The first kappa shape index (κ1) is 17.3. The van der Waals surface area contributed by atoms with Crippen molar-refractivity contribution in [3.05, 3.63) is 89.1 Å². The Labute approximate surface area is 159 Å². The average Bonchev–Trinajstić information content (AvgIpc) is 2.67. The van der Waals surface area contributed by atoms with Crippen LogP contribution in [0.3, 0.4) is 0 Å². The molecule has 0 saturated carbocycles. The standard InChI is InChI=1S/C24H21NO2/c1-24(2)14-20-22(21(26)15-24)18(23(27)17-11-7-4-8-12-17)13-19(25-20)16-9-5-3-6-10-16/h3-13H,14-15H2,1-2H3. The third-order valence-electron chi connectivity index (χ3n) is 5.01. The SMILES string of the molecule is CC1(C)CC(=O)c2c(C(=O)c3ccccc3)cc(-c3ccccc3)nc2C1. The van der Waals surface area contributed by atoms with Crippen molar-refractivity contribution in [1.82, 2.24) is 4.98 Å². The van der Waals surface area contributed by atoms with Gasteiger partial charge in [-0.15, -0.1) is 0 Å². The van der Waals surface area contributed by atoms with Gasteiger partial charge in [-0.3, -0.25) is 14.6 Å². The lowest BCUT2D eigenvalue weighted by molar-refractivity contribution is 0.0900. The lowest BCUT2D eigenvalue weighted by atomic mass is 9.74.